The molecule has 92 valence electrons. The van der Waals surface area contributed by atoms with Crippen molar-refractivity contribution in [3.8, 4) is 0 Å². The van der Waals surface area contributed by atoms with Crippen LogP contribution in [0.15, 0.2) is 0 Å². The van der Waals surface area contributed by atoms with Gasteiger partial charge in [0.1, 0.15) is 0 Å². The van der Waals surface area contributed by atoms with Crippen molar-refractivity contribution in [1.82, 2.24) is 9.80 Å². The van der Waals surface area contributed by atoms with E-state index in [1.807, 2.05) is 4.90 Å². The summed E-state index contributed by atoms with van der Waals surface area (Å²) in [5.74, 6) is 0.183. The van der Waals surface area contributed by atoms with Crippen LogP contribution < -0.4 is 5.73 Å². The zero-order chi connectivity index (χ0) is 11.8. The number of amides is 1. The van der Waals surface area contributed by atoms with Gasteiger partial charge in [-0.1, -0.05) is 0 Å². The minimum absolute atomic E-state index is 0.183. The normalized spacial score (nSPS) is 25.6. The molecule has 4 nitrogen and oxygen atoms in total. The standard InChI is InChI=1S/C12H23N3O/c1-10(2)14-6-8-15(9-7-14)11(16)12(13)4-3-5-12/h10H,3-9,13H2,1-2H3. The van der Waals surface area contributed by atoms with Gasteiger partial charge >= 0.3 is 0 Å². The maximum absolute atomic E-state index is 12.2. The zero-order valence-corrected chi connectivity index (χ0v) is 10.4. The van der Waals surface area contributed by atoms with Crippen molar-refractivity contribution in [2.45, 2.75) is 44.7 Å². The highest BCUT2D eigenvalue weighted by molar-refractivity contribution is 5.87. The van der Waals surface area contributed by atoms with Gasteiger partial charge < -0.3 is 10.6 Å². The average molecular weight is 225 g/mol. The first-order valence-corrected chi connectivity index (χ1v) is 6.35. The fraction of sp³-hybridized carbons (Fsp3) is 0.917. The van der Waals surface area contributed by atoms with Crippen molar-refractivity contribution in [2.75, 3.05) is 26.2 Å². The lowest BCUT2D eigenvalue weighted by atomic mass is 9.76. The van der Waals surface area contributed by atoms with Crippen LogP contribution in [0.25, 0.3) is 0 Å². The van der Waals surface area contributed by atoms with Crippen LogP contribution in [0.3, 0.4) is 0 Å². The second-order valence-electron chi connectivity index (χ2n) is 5.43. The molecular formula is C12H23N3O. The van der Waals surface area contributed by atoms with Gasteiger partial charge in [-0.15, -0.1) is 0 Å². The summed E-state index contributed by atoms with van der Waals surface area (Å²) in [5, 5.41) is 0. The van der Waals surface area contributed by atoms with E-state index in [0.717, 1.165) is 45.4 Å². The van der Waals surface area contributed by atoms with Crippen LogP contribution in [0.5, 0.6) is 0 Å². The van der Waals surface area contributed by atoms with Crippen LogP contribution >= 0.6 is 0 Å². The Morgan fingerprint density at radius 2 is 1.75 bits per heavy atom. The molecule has 1 saturated carbocycles. The van der Waals surface area contributed by atoms with Gasteiger partial charge in [0.2, 0.25) is 5.91 Å². The van der Waals surface area contributed by atoms with Gasteiger partial charge in [-0.25, -0.2) is 0 Å². The fourth-order valence-corrected chi connectivity index (χ4v) is 2.53. The summed E-state index contributed by atoms with van der Waals surface area (Å²) in [4.78, 5) is 16.5. The highest BCUT2D eigenvalue weighted by atomic mass is 16.2. The number of nitrogens with two attached hydrogens (primary N) is 1. The smallest absolute Gasteiger partial charge is 0.242 e. The summed E-state index contributed by atoms with van der Waals surface area (Å²) in [6, 6.07) is 0.577. The minimum Gasteiger partial charge on any atom is -0.339 e. The molecule has 1 heterocycles. The van der Waals surface area contributed by atoms with E-state index in [9.17, 15) is 4.79 Å². The molecule has 1 aliphatic carbocycles. The van der Waals surface area contributed by atoms with Crippen LogP contribution in [-0.2, 0) is 4.79 Å². The Bertz CT molecular complexity index is 265. The van der Waals surface area contributed by atoms with Crippen molar-refractivity contribution in [2.24, 2.45) is 5.73 Å². The number of hydrogen-bond donors (Lipinski definition) is 1. The number of carbonyl (C=O) groups excluding carboxylic acids is 1. The van der Waals surface area contributed by atoms with Crippen molar-refractivity contribution >= 4 is 5.91 Å². The summed E-state index contributed by atoms with van der Waals surface area (Å²) in [6.45, 7) is 8.06. The third kappa shape index (κ3) is 2.09. The van der Waals surface area contributed by atoms with E-state index in [0.29, 0.717) is 6.04 Å². The monoisotopic (exact) mass is 225 g/mol. The molecule has 16 heavy (non-hydrogen) atoms. The molecule has 1 saturated heterocycles. The van der Waals surface area contributed by atoms with Crippen LogP contribution in [0.2, 0.25) is 0 Å². The molecule has 2 fully saturated rings. The quantitative estimate of drug-likeness (QED) is 0.741. The van der Waals surface area contributed by atoms with E-state index >= 15 is 0 Å². The van der Waals surface area contributed by atoms with Gasteiger partial charge in [-0.05, 0) is 33.1 Å². The number of hydrogen-bond acceptors (Lipinski definition) is 3. The van der Waals surface area contributed by atoms with Crippen molar-refractivity contribution in [3.05, 3.63) is 0 Å². The molecule has 2 aliphatic rings. The first kappa shape index (κ1) is 11.9. The molecule has 0 unspecified atom stereocenters. The number of rotatable bonds is 2. The van der Waals surface area contributed by atoms with Crippen LogP contribution in [-0.4, -0.2) is 53.5 Å². The van der Waals surface area contributed by atoms with E-state index in [4.69, 9.17) is 5.73 Å². The molecule has 0 aromatic heterocycles. The van der Waals surface area contributed by atoms with Gasteiger partial charge in [-0.2, -0.15) is 0 Å². The lowest BCUT2D eigenvalue weighted by Crippen LogP contribution is -2.62. The predicted octanol–water partition coefficient (Wildman–Crippen LogP) is 0.420. The zero-order valence-electron chi connectivity index (χ0n) is 10.4. The molecule has 1 amide bonds. The summed E-state index contributed by atoms with van der Waals surface area (Å²) in [5.41, 5.74) is 5.55. The van der Waals surface area contributed by atoms with Crippen molar-refractivity contribution in [1.29, 1.82) is 0 Å². The van der Waals surface area contributed by atoms with Gasteiger partial charge in [0, 0.05) is 32.2 Å². The second kappa shape index (κ2) is 4.34. The predicted molar refractivity (Wildman–Crippen MR) is 64.1 cm³/mol. The molecule has 2 rings (SSSR count). The molecule has 0 aromatic rings. The summed E-state index contributed by atoms with van der Waals surface area (Å²) < 4.78 is 0. The highest BCUT2D eigenvalue weighted by Crippen LogP contribution is 2.31. The minimum atomic E-state index is -0.514. The summed E-state index contributed by atoms with van der Waals surface area (Å²) in [6.07, 6.45) is 2.85. The van der Waals surface area contributed by atoms with Gasteiger partial charge in [-0.3, -0.25) is 9.69 Å². The maximum Gasteiger partial charge on any atom is 0.242 e. The molecule has 0 spiro atoms. The maximum atomic E-state index is 12.2. The summed E-state index contributed by atoms with van der Waals surface area (Å²) in [7, 11) is 0. The number of nitrogens with zero attached hydrogens (tertiary/aromatic N) is 2. The highest BCUT2D eigenvalue weighted by Gasteiger charge is 2.43. The molecule has 2 N–H and O–H groups in total. The van der Waals surface area contributed by atoms with E-state index in [1.54, 1.807) is 0 Å². The molecule has 0 bridgehead atoms. The van der Waals surface area contributed by atoms with Crippen LogP contribution in [0.4, 0.5) is 0 Å². The van der Waals surface area contributed by atoms with E-state index in [2.05, 4.69) is 18.7 Å². The van der Waals surface area contributed by atoms with E-state index in [-0.39, 0.29) is 5.91 Å². The molecule has 0 radical (unpaired) electrons. The van der Waals surface area contributed by atoms with Crippen molar-refractivity contribution in [3.63, 3.8) is 0 Å². The largest absolute Gasteiger partial charge is 0.339 e. The third-order valence-electron chi connectivity index (χ3n) is 4.00. The van der Waals surface area contributed by atoms with E-state index in [1.165, 1.54) is 0 Å². The SMILES string of the molecule is CC(C)N1CCN(C(=O)C2(N)CCC2)CC1. The Morgan fingerprint density at radius 1 is 1.19 bits per heavy atom. The van der Waals surface area contributed by atoms with Crippen molar-refractivity contribution < 1.29 is 4.79 Å². The molecule has 4 heteroatoms. The lowest BCUT2D eigenvalue weighted by molar-refractivity contribution is -0.142. The van der Waals surface area contributed by atoms with Gasteiger partial charge in [0.05, 0.1) is 5.54 Å². The molecule has 0 aromatic carbocycles. The number of piperazine rings is 1. The Morgan fingerprint density at radius 3 is 2.12 bits per heavy atom. The van der Waals surface area contributed by atoms with Gasteiger partial charge in [0.15, 0.2) is 0 Å². The van der Waals surface area contributed by atoms with Crippen LogP contribution in [0.1, 0.15) is 33.1 Å². The first-order valence-electron chi connectivity index (χ1n) is 6.35. The number of carbonyl (C=O) groups is 1. The Kier molecular flexibility index (Phi) is 3.22. The summed E-state index contributed by atoms with van der Waals surface area (Å²) >= 11 is 0. The van der Waals surface area contributed by atoms with Gasteiger partial charge in [0.25, 0.3) is 0 Å². The van der Waals surface area contributed by atoms with E-state index < -0.39 is 5.54 Å². The Hall–Kier alpha value is -0.610. The average Bonchev–Trinajstić information content (AvgIpc) is 2.25. The third-order valence-corrected chi connectivity index (χ3v) is 4.00. The second-order valence-corrected chi connectivity index (χ2v) is 5.43. The topological polar surface area (TPSA) is 49.6 Å². The molecule has 0 atom stereocenters. The fourth-order valence-electron chi connectivity index (χ4n) is 2.53. The lowest BCUT2D eigenvalue weighted by Gasteiger charge is -2.44. The molecular weight excluding hydrogens is 202 g/mol. The van der Waals surface area contributed by atoms with Crippen LogP contribution in [0, 0.1) is 0 Å². The Labute approximate surface area is 97.8 Å². The molecule has 1 aliphatic heterocycles. The Balaban J connectivity index is 1.87. The first-order chi connectivity index (χ1) is 7.53.